The Bertz CT molecular complexity index is 519. The van der Waals surface area contributed by atoms with Crippen molar-refractivity contribution in [2.24, 2.45) is 5.92 Å². The molecule has 0 bridgehead atoms. The number of hydrogen-bond acceptors (Lipinski definition) is 2. The summed E-state index contributed by atoms with van der Waals surface area (Å²) in [5, 5.41) is 11.4. The third-order valence-corrected chi connectivity index (χ3v) is 3.82. The number of carbonyl (C=O) groups excluding carboxylic acids is 1. The SMILES string of the molecule is Cc1cccc(F)c1NC(=O)N1CCC(CC(=O)O)CC1. The molecule has 1 fully saturated rings. The summed E-state index contributed by atoms with van der Waals surface area (Å²) in [7, 11) is 0. The molecule has 2 N–H and O–H groups in total. The van der Waals surface area contributed by atoms with Gasteiger partial charge in [0.1, 0.15) is 5.82 Å². The smallest absolute Gasteiger partial charge is 0.321 e. The Morgan fingerprint density at radius 1 is 1.38 bits per heavy atom. The number of carboxylic acid groups (broad SMARTS) is 1. The summed E-state index contributed by atoms with van der Waals surface area (Å²) >= 11 is 0. The van der Waals surface area contributed by atoms with Crippen molar-refractivity contribution in [2.45, 2.75) is 26.2 Å². The number of aliphatic carboxylic acids is 1. The lowest BCUT2D eigenvalue weighted by atomic mass is 9.94. The van der Waals surface area contributed by atoms with Crippen LogP contribution in [0, 0.1) is 18.7 Å². The largest absolute Gasteiger partial charge is 0.481 e. The van der Waals surface area contributed by atoms with E-state index in [-0.39, 0.29) is 24.1 Å². The number of hydrogen-bond donors (Lipinski definition) is 2. The first-order valence-electron chi connectivity index (χ1n) is 7.00. The second kappa shape index (κ2) is 6.56. The van der Waals surface area contributed by atoms with Crippen LogP contribution < -0.4 is 5.32 Å². The van der Waals surface area contributed by atoms with Gasteiger partial charge in [0.15, 0.2) is 0 Å². The summed E-state index contributed by atoms with van der Waals surface area (Å²) in [6.07, 6.45) is 1.47. The van der Waals surface area contributed by atoms with Gasteiger partial charge in [-0.05, 0) is 37.3 Å². The lowest BCUT2D eigenvalue weighted by Gasteiger charge is -2.31. The molecule has 114 valence electrons. The monoisotopic (exact) mass is 294 g/mol. The predicted octanol–water partition coefficient (Wildman–Crippen LogP) is 2.85. The highest BCUT2D eigenvalue weighted by atomic mass is 19.1. The summed E-state index contributed by atoms with van der Waals surface area (Å²) in [5.74, 6) is -1.15. The molecule has 1 saturated heterocycles. The minimum Gasteiger partial charge on any atom is -0.481 e. The summed E-state index contributed by atoms with van der Waals surface area (Å²) in [6.45, 7) is 2.73. The van der Waals surface area contributed by atoms with E-state index < -0.39 is 11.8 Å². The van der Waals surface area contributed by atoms with Crippen LogP contribution in [0.4, 0.5) is 14.9 Å². The van der Waals surface area contributed by atoms with Crippen molar-refractivity contribution in [1.82, 2.24) is 4.90 Å². The van der Waals surface area contributed by atoms with Crippen LogP contribution in [0.15, 0.2) is 18.2 Å². The molecule has 5 nitrogen and oxygen atoms in total. The van der Waals surface area contributed by atoms with Gasteiger partial charge in [0, 0.05) is 19.5 Å². The average molecular weight is 294 g/mol. The van der Waals surface area contributed by atoms with Gasteiger partial charge < -0.3 is 15.3 Å². The molecular weight excluding hydrogens is 275 g/mol. The summed E-state index contributed by atoms with van der Waals surface area (Å²) < 4.78 is 13.7. The Morgan fingerprint density at radius 2 is 2.05 bits per heavy atom. The molecule has 21 heavy (non-hydrogen) atoms. The van der Waals surface area contributed by atoms with Crippen LogP contribution in [-0.2, 0) is 4.79 Å². The van der Waals surface area contributed by atoms with Crippen LogP contribution in [0.2, 0.25) is 0 Å². The van der Waals surface area contributed by atoms with Gasteiger partial charge in [-0.3, -0.25) is 4.79 Å². The highest BCUT2D eigenvalue weighted by molar-refractivity contribution is 5.90. The number of amides is 2. The van der Waals surface area contributed by atoms with Gasteiger partial charge in [-0.1, -0.05) is 12.1 Å². The van der Waals surface area contributed by atoms with E-state index in [2.05, 4.69) is 5.32 Å². The predicted molar refractivity (Wildman–Crippen MR) is 76.7 cm³/mol. The Hall–Kier alpha value is -2.11. The minimum absolute atomic E-state index is 0.113. The van der Waals surface area contributed by atoms with Crippen molar-refractivity contribution in [1.29, 1.82) is 0 Å². The standard InChI is InChI=1S/C15H19FN2O3/c1-10-3-2-4-12(16)14(10)17-15(21)18-7-5-11(6-8-18)9-13(19)20/h2-4,11H,5-9H2,1H3,(H,17,21)(H,19,20). The van der Waals surface area contributed by atoms with Crippen molar-refractivity contribution < 1.29 is 19.1 Å². The number of likely N-dealkylation sites (tertiary alicyclic amines) is 1. The van der Waals surface area contributed by atoms with Crippen LogP contribution in [0.3, 0.4) is 0 Å². The summed E-state index contributed by atoms with van der Waals surface area (Å²) in [4.78, 5) is 24.4. The van der Waals surface area contributed by atoms with Gasteiger partial charge in [0.2, 0.25) is 0 Å². The number of urea groups is 1. The maximum atomic E-state index is 13.7. The molecule has 1 aromatic rings. The maximum Gasteiger partial charge on any atom is 0.321 e. The Kier molecular flexibility index (Phi) is 4.77. The van der Waals surface area contributed by atoms with E-state index in [1.165, 1.54) is 6.07 Å². The maximum absolute atomic E-state index is 13.7. The van der Waals surface area contributed by atoms with Crippen molar-refractivity contribution >= 4 is 17.7 Å². The second-order valence-corrected chi connectivity index (χ2v) is 5.39. The normalized spacial score (nSPS) is 15.8. The van der Waals surface area contributed by atoms with E-state index in [1.54, 1.807) is 24.0 Å². The number of anilines is 1. The number of rotatable bonds is 3. The van der Waals surface area contributed by atoms with Gasteiger partial charge in [-0.15, -0.1) is 0 Å². The van der Waals surface area contributed by atoms with Gasteiger partial charge in [0.25, 0.3) is 0 Å². The quantitative estimate of drug-likeness (QED) is 0.900. The lowest BCUT2D eigenvalue weighted by Crippen LogP contribution is -2.41. The van der Waals surface area contributed by atoms with E-state index >= 15 is 0 Å². The van der Waals surface area contributed by atoms with E-state index in [0.29, 0.717) is 31.5 Å². The average Bonchev–Trinajstić information content (AvgIpc) is 2.43. The van der Waals surface area contributed by atoms with Crippen molar-refractivity contribution in [3.05, 3.63) is 29.6 Å². The first-order valence-corrected chi connectivity index (χ1v) is 7.00. The Balaban J connectivity index is 1.92. The fourth-order valence-electron chi connectivity index (χ4n) is 2.56. The van der Waals surface area contributed by atoms with Crippen molar-refractivity contribution in [3.8, 4) is 0 Å². The molecule has 2 amide bonds. The highest BCUT2D eigenvalue weighted by Gasteiger charge is 2.24. The second-order valence-electron chi connectivity index (χ2n) is 5.39. The number of nitrogens with one attached hydrogen (secondary N) is 1. The summed E-state index contributed by atoms with van der Waals surface area (Å²) in [5.41, 5.74) is 0.874. The molecule has 0 aromatic heterocycles. The molecule has 6 heteroatoms. The zero-order valence-electron chi connectivity index (χ0n) is 11.9. The first kappa shape index (κ1) is 15.3. The molecule has 0 unspecified atom stereocenters. The molecule has 0 saturated carbocycles. The van der Waals surface area contributed by atoms with Gasteiger partial charge >= 0.3 is 12.0 Å². The van der Waals surface area contributed by atoms with Gasteiger partial charge in [-0.2, -0.15) is 0 Å². The minimum atomic E-state index is -0.806. The molecular formula is C15H19FN2O3. The molecule has 0 radical (unpaired) electrons. The summed E-state index contributed by atoms with van der Waals surface area (Å²) in [6, 6.07) is 4.30. The topological polar surface area (TPSA) is 69.6 Å². The number of piperidine rings is 1. The molecule has 1 aliphatic rings. The van der Waals surface area contributed by atoms with E-state index in [0.717, 1.165) is 0 Å². The number of benzene rings is 1. The molecule has 2 rings (SSSR count). The van der Waals surface area contributed by atoms with E-state index in [1.807, 2.05) is 0 Å². The van der Waals surface area contributed by atoms with E-state index in [4.69, 9.17) is 5.11 Å². The fourth-order valence-corrected chi connectivity index (χ4v) is 2.56. The number of para-hydroxylation sites is 1. The molecule has 1 aromatic carbocycles. The number of aryl methyl sites for hydroxylation is 1. The van der Waals surface area contributed by atoms with Crippen LogP contribution in [0.5, 0.6) is 0 Å². The zero-order valence-corrected chi connectivity index (χ0v) is 11.9. The molecule has 0 aliphatic carbocycles. The number of carbonyl (C=O) groups is 2. The third kappa shape index (κ3) is 3.93. The first-order chi connectivity index (χ1) is 9.97. The number of carboxylic acids is 1. The number of nitrogens with zero attached hydrogens (tertiary/aromatic N) is 1. The highest BCUT2D eigenvalue weighted by Crippen LogP contribution is 2.23. The van der Waals surface area contributed by atoms with E-state index in [9.17, 15) is 14.0 Å². The third-order valence-electron chi connectivity index (χ3n) is 3.82. The van der Waals surface area contributed by atoms with Gasteiger partial charge in [-0.25, -0.2) is 9.18 Å². The molecule has 1 aliphatic heterocycles. The zero-order chi connectivity index (χ0) is 15.4. The van der Waals surface area contributed by atoms with Crippen molar-refractivity contribution in [2.75, 3.05) is 18.4 Å². The number of halogens is 1. The van der Waals surface area contributed by atoms with Crippen LogP contribution in [-0.4, -0.2) is 35.1 Å². The van der Waals surface area contributed by atoms with Crippen LogP contribution in [0.1, 0.15) is 24.8 Å². The molecule has 0 atom stereocenters. The van der Waals surface area contributed by atoms with Gasteiger partial charge in [0.05, 0.1) is 5.69 Å². The fraction of sp³-hybridized carbons (Fsp3) is 0.467. The molecule has 0 spiro atoms. The molecule has 1 heterocycles. The lowest BCUT2D eigenvalue weighted by molar-refractivity contribution is -0.138. The Labute approximate surface area is 122 Å². The van der Waals surface area contributed by atoms with Crippen molar-refractivity contribution in [3.63, 3.8) is 0 Å². The Morgan fingerprint density at radius 3 is 2.62 bits per heavy atom. The van der Waals surface area contributed by atoms with Crippen LogP contribution in [0.25, 0.3) is 0 Å². The van der Waals surface area contributed by atoms with Crippen LogP contribution >= 0.6 is 0 Å².